The summed E-state index contributed by atoms with van der Waals surface area (Å²) in [6.45, 7) is -6.47. The minimum absolute atomic E-state index is 0.00900. The van der Waals surface area contributed by atoms with Crippen molar-refractivity contribution in [3.63, 3.8) is 0 Å². The molecule has 11 heteroatoms. The van der Waals surface area contributed by atoms with Gasteiger partial charge in [-0.3, -0.25) is 0 Å². The maximum Gasteiger partial charge on any atom is 0.412 e. The van der Waals surface area contributed by atoms with Crippen molar-refractivity contribution in [3.05, 3.63) is 131 Å². The molecule has 220 valence electrons. The highest BCUT2D eigenvalue weighted by Crippen LogP contribution is 2.43. The Kier molecular flexibility index (Phi) is 7.10. The van der Waals surface area contributed by atoms with Gasteiger partial charge in [0.2, 0.25) is 0 Å². The first-order valence-corrected chi connectivity index (χ1v) is 14.3. The summed E-state index contributed by atoms with van der Waals surface area (Å²) in [7, 11) is 0. The normalized spacial score (nSPS) is 28.5. The van der Waals surface area contributed by atoms with Crippen molar-refractivity contribution >= 4 is 35.6 Å². The van der Waals surface area contributed by atoms with E-state index in [9.17, 15) is 25.3 Å². The second-order valence-electron chi connectivity index (χ2n) is 11.2. The first-order chi connectivity index (χ1) is 20.8. The van der Waals surface area contributed by atoms with E-state index in [-0.39, 0.29) is 12.1 Å². The molecule has 0 radical (unpaired) electrons. The van der Waals surface area contributed by atoms with E-state index in [1.807, 2.05) is 84.9 Å². The predicted molar refractivity (Wildman–Crippen MR) is 161 cm³/mol. The maximum absolute atomic E-state index is 10.7. The van der Waals surface area contributed by atoms with Crippen molar-refractivity contribution in [1.82, 2.24) is 0 Å². The highest BCUT2D eigenvalue weighted by atomic mass is 16.9. The van der Waals surface area contributed by atoms with Gasteiger partial charge >= 0.3 is 13.5 Å². The van der Waals surface area contributed by atoms with E-state index >= 15 is 0 Å². The largest absolute Gasteiger partial charge is 0.556 e. The average Bonchev–Trinajstić information content (AvgIpc) is 3.43. The SMILES string of the molecule is OC[C@H]1O[B-]2(c3ccc(C(=C(c4ccccc4)c4ccc([B-](O)(O)O)cc4)c4ccccc4)cc3)O[C@H]3O[C@@H]1[C@H](O)[C@@H]3O2. The lowest BCUT2D eigenvalue weighted by Crippen LogP contribution is -2.55. The van der Waals surface area contributed by atoms with E-state index in [0.29, 0.717) is 5.46 Å². The minimum atomic E-state index is -3.63. The molecule has 0 aliphatic carbocycles. The first-order valence-electron chi connectivity index (χ1n) is 14.3. The summed E-state index contributed by atoms with van der Waals surface area (Å²) in [6.07, 6.45) is -4.04. The lowest BCUT2D eigenvalue weighted by atomic mass is 9.68. The van der Waals surface area contributed by atoms with E-state index in [4.69, 9.17) is 18.7 Å². The highest BCUT2D eigenvalue weighted by Gasteiger charge is 2.60. The van der Waals surface area contributed by atoms with Crippen LogP contribution in [0.5, 0.6) is 0 Å². The van der Waals surface area contributed by atoms with Crippen LogP contribution in [0.1, 0.15) is 22.3 Å². The zero-order valence-corrected chi connectivity index (χ0v) is 23.0. The van der Waals surface area contributed by atoms with Gasteiger partial charge in [0.05, 0.1) is 18.8 Å². The smallest absolute Gasteiger partial charge is 0.412 e. The average molecular weight is 580 g/mol. The summed E-state index contributed by atoms with van der Waals surface area (Å²) in [5.74, 6) is 0. The number of fused-ring (bicyclic) bond motifs is 1. The van der Waals surface area contributed by atoms with Crippen LogP contribution in [0, 0.1) is 0 Å². The fraction of sp³-hybridized carbons (Fsp3) is 0.188. The number of ether oxygens (including phenoxy) is 1. The molecule has 43 heavy (non-hydrogen) atoms. The molecule has 4 fully saturated rings. The molecule has 0 spiro atoms. The summed E-state index contributed by atoms with van der Waals surface area (Å²) in [4.78, 5) is 0. The predicted octanol–water partition coefficient (Wildman–Crippen LogP) is 0.855. The van der Waals surface area contributed by atoms with Crippen LogP contribution >= 0.6 is 0 Å². The van der Waals surface area contributed by atoms with Gasteiger partial charge in [-0.05, 0) is 33.4 Å². The molecule has 8 rings (SSSR count). The summed E-state index contributed by atoms with van der Waals surface area (Å²) in [6, 6.07) is 33.9. The molecule has 0 saturated carbocycles. The molecule has 0 amide bonds. The van der Waals surface area contributed by atoms with Gasteiger partial charge in [0.25, 0.3) is 0 Å². The number of hydrogen-bond acceptors (Lipinski definition) is 9. The monoisotopic (exact) mass is 580 g/mol. The van der Waals surface area contributed by atoms with E-state index in [1.54, 1.807) is 12.1 Å². The fourth-order valence-electron chi connectivity index (χ4n) is 6.31. The molecule has 5 N–H and O–H groups in total. The van der Waals surface area contributed by atoms with Crippen molar-refractivity contribution < 1.29 is 44.0 Å². The van der Waals surface area contributed by atoms with Gasteiger partial charge in [-0.1, -0.05) is 109 Å². The molecular formula is C32H30B2O9-2. The first kappa shape index (κ1) is 28.2. The molecule has 6 atom stereocenters. The van der Waals surface area contributed by atoms with Crippen LogP contribution in [0.4, 0.5) is 0 Å². The quantitative estimate of drug-likeness (QED) is 0.159. The van der Waals surface area contributed by atoms with Crippen molar-refractivity contribution in [3.8, 4) is 0 Å². The summed E-state index contributed by atoms with van der Waals surface area (Å²) < 4.78 is 24.2. The fourth-order valence-corrected chi connectivity index (χ4v) is 6.31. The molecule has 4 saturated heterocycles. The van der Waals surface area contributed by atoms with Gasteiger partial charge in [-0.2, -0.15) is 0 Å². The Balaban J connectivity index is 1.37. The Morgan fingerprint density at radius 1 is 0.628 bits per heavy atom. The molecule has 4 bridgehead atoms. The van der Waals surface area contributed by atoms with Gasteiger partial charge in [0, 0.05) is 0 Å². The third-order valence-electron chi connectivity index (χ3n) is 8.41. The second-order valence-corrected chi connectivity index (χ2v) is 11.2. The number of benzene rings is 4. The van der Waals surface area contributed by atoms with E-state index in [2.05, 4.69) is 0 Å². The third kappa shape index (κ3) is 4.95. The minimum Gasteiger partial charge on any atom is -0.556 e. The molecular weight excluding hydrogens is 550 g/mol. The Bertz CT molecular complexity index is 1630. The molecule has 0 aromatic heterocycles. The third-order valence-corrected chi connectivity index (χ3v) is 8.41. The summed E-state index contributed by atoms with van der Waals surface area (Å²) in [5.41, 5.74) is 5.97. The van der Waals surface area contributed by atoms with Crippen molar-refractivity contribution in [2.75, 3.05) is 6.61 Å². The molecule has 4 aliphatic rings. The zero-order valence-electron chi connectivity index (χ0n) is 23.0. The Labute approximate surface area is 248 Å². The maximum atomic E-state index is 10.7. The van der Waals surface area contributed by atoms with Crippen LogP contribution in [-0.2, 0) is 18.7 Å². The van der Waals surface area contributed by atoms with Crippen molar-refractivity contribution in [2.45, 2.75) is 30.7 Å². The number of hydrogen-bond donors (Lipinski definition) is 5. The molecule has 4 aromatic rings. The highest BCUT2D eigenvalue weighted by molar-refractivity contribution is 6.76. The van der Waals surface area contributed by atoms with Crippen LogP contribution in [0.2, 0.25) is 0 Å². The lowest BCUT2D eigenvalue weighted by molar-refractivity contribution is -0.0940. The van der Waals surface area contributed by atoms with E-state index in [0.717, 1.165) is 33.4 Å². The van der Waals surface area contributed by atoms with Gasteiger partial charge < -0.3 is 44.0 Å². The zero-order chi connectivity index (χ0) is 29.8. The molecule has 1 unspecified atom stereocenters. The second kappa shape index (κ2) is 10.8. The van der Waals surface area contributed by atoms with Crippen LogP contribution in [0.25, 0.3) is 11.1 Å². The summed E-state index contributed by atoms with van der Waals surface area (Å²) in [5, 5.41) is 49.9. The molecule has 4 aliphatic heterocycles. The Morgan fingerprint density at radius 2 is 1.14 bits per heavy atom. The number of aliphatic hydroxyl groups is 2. The molecule has 4 aromatic carbocycles. The van der Waals surface area contributed by atoms with Gasteiger partial charge in [0.1, 0.15) is 18.5 Å². The van der Waals surface area contributed by atoms with Crippen LogP contribution in [-0.4, -0.2) is 76.1 Å². The van der Waals surface area contributed by atoms with E-state index < -0.39 is 44.2 Å². The molecule has 9 nitrogen and oxygen atoms in total. The van der Waals surface area contributed by atoms with E-state index in [1.165, 1.54) is 12.1 Å². The van der Waals surface area contributed by atoms with Crippen molar-refractivity contribution in [1.29, 1.82) is 0 Å². The lowest BCUT2D eigenvalue weighted by Gasteiger charge is -2.37. The standard InChI is InChI=1S/C32H30B2O9/c35-19-26-30-29(36)31-32(40-30)43-34(41-26,42-31)25-17-13-23(14-18-25)28(21-9-5-2-6-10-21)27(20-7-3-1-4-8-20)22-11-15-24(16-12-22)33(37,38)39/h1-18,26,29-32,35-39H,19H2/q-2/t26-,29+,30+,31+,32-,34?/m1/s1. The number of rotatable bonds is 7. The van der Waals surface area contributed by atoms with Gasteiger partial charge in [-0.15, -0.1) is 10.9 Å². The Hall–Kier alpha value is -3.61. The van der Waals surface area contributed by atoms with Gasteiger partial charge in [0.15, 0.2) is 0 Å². The van der Waals surface area contributed by atoms with Crippen LogP contribution < -0.4 is 10.9 Å². The van der Waals surface area contributed by atoms with Crippen molar-refractivity contribution in [2.24, 2.45) is 0 Å². The van der Waals surface area contributed by atoms with Crippen LogP contribution in [0.15, 0.2) is 109 Å². The Morgan fingerprint density at radius 3 is 1.63 bits per heavy atom. The van der Waals surface area contributed by atoms with Gasteiger partial charge in [-0.25, -0.2) is 0 Å². The van der Waals surface area contributed by atoms with Crippen LogP contribution in [0.3, 0.4) is 0 Å². The number of aliphatic hydroxyl groups excluding tert-OH is 2. The topological polar surface area (TPSA) is 138 Å². The molecule has 4 heterocycles. The summed E-state index contributed by atoms with van der Waals surface area (Å²) >= 11 is 0.